The maximum Gasteiger partial charge on any atom is 0.363 e. The van der Waals surface area contributed by atoms with E-state index in [2.05, 4.69) is 30.1 Å². The van der Waals surface area contributed by atoms with Crippen LogP contribution in [0.1, 0.15) is 23.1 Å². The molecule has 0 amide bonds. The largest absolute Gasteiger partial charge is 0.497 e. The van der Waals surface area contributed by atoms with Gasteiger partial charge < -0.3 is 14.2 Å². The van der Waals surface area contributed by atoms with E-state index in [9.17, 15) is 4.79 Å². The number of hydrogen-bond donors (Lipinski definition) is 0. The third-order valence-electron chi connectivity index (χ3n) is 4.05. The highest BCUT2D eigenvalue weighted by Gasteiger charge is 2.22. The molecule has 3 rings (SSSR count). The highest BCUT2D eigenvalue weighted by Crippen LogP contribution is 2.25. The van der Waals surface area contributed by atoms with Gasteiger partial charge in [0.15, 0.2) is 11.6 Å². The molecule has 0 fully saturated rings. The third kappa shape index (κ3) is 4.30. The number of hydrogen-bond acceptors (Lipinski definition) is 5. The second kappa shape index (κ2) is 7.87. The van der Waals surface area contributed by atoms with Gasteiger partial charge in [-0.1, -0.05) is 29.8 Å². The molecule has 5 heteroatoms. The molecule has 1 aliphatic heterocycles. The van der Waals surface area contributed by atoms with Crippen LogP contribution in [0, 0.1) is 6.92 Å². The van der Waals surface area contributed by atoms with Crippen molar-refractivity contribution in [2.24, 2.45) is 4.99 Å². The molecule has 0 aromatic heterocycles. The molecule has 0 spiro atoms. The molecular formula is C21H21NO4. The average Bonchev–Trinajstić information content (AvgIpc) is 2.99. The van der Waals surface area contributed by atoms with Crippen LogP contribution in [0.3, 0.4) is 0 Å². The van der Waals surface area contributed by atoms with Crippen LogP contribution in [0.25, 0.3) is 6.08 Å². The zero-order valence-corrected chi connectivity index (χ0v) is 15.1. The van der Waals surface area contributed by atoms with Gasteiger partial charge in [-0.2, -0.15) is 0 Å². The van der Waals surface area contributed by atoms with Gasteiger partial charge in [0.25, 0.3) is 0 Å². The van der Waals surface area contributed by atoms with Gasteiger partial charge >= 0.3 is 5.97 Å². The van der Waals surface area contributed by atoms with Gasteiger partial charge in [-0.25, -0.2) is 9.79 Å². The second-order valence-electron chi connectivity index (χ2n) is 6.06. The molecule has 0 aliphatic carbocycles. The topological polar surface area (TPSA) is 57.1 Å². The van der Waals surface area contributed by atoms with Crippen LogP contribution in [-0.4, -0.2) is 26.1 Å². The van der Waals surface area contributed by atoms with E-state index in [1.165, 1.54) is 11.1 Å². The van der Waals surface area contributed by atoms with Gasteiger partial charge in [-0.3, -0.25) is 0 Å². The zero-order chi connectivity index (χ0) is 18.5. The van der Waals surface area contributed by atoms with E-state index in [0.717, 1.165) is 12.0 Å². The fourth-order valence-electron chi connectivity index (χ4n) is 2.75. The summed E-state index contributed by atoms with van der Waals surface area (Å²) in [7, 11) is 3.16. The first-order chi connectivity index (χ1) is 12.6. The minimum atomic E-state index is -0.439. The quantitative estimate of drug-likeness (QED) is 0.584. The number of carbonyl (C=O) groups is 1. The summed E-state index contributed by atoms with van der Waals surface area (Å²) in [5.74, 6) is 1.29. The Hall–Kier alpha value is -3.08. The monoisotopic (exact) mass is 351 g/mol. The summed E-state index contributed by atoms with van der Waals surface area (Å²) in [6, 6.07) is 13.6. The molecule has 5 nitrogen and oxygen atoms in total. The van der Waals surface area contributed by atoms with Crippen LogP contribution in [0.2, 0.25) is 0 Å². The van der Waals surface area contributed by atoms with Gasteiger partial charge in [-0.15, -0.1) is 0 Å². The van der Waals surface area contributed by atoms with E-state index in [1.807, 2.05) is 18.2 Å². The lowest BCUT2D eigenvalue weighted by Crippen LogP contribution is -2.05. The van der Waals surface area contributed by atoms with Crippen molar-refractivity contribution in [1.29, 1.82) is 0 Å². The van der Waals surface area contributed by atoms with Crippen LogP contribution >= 0.6 is 0 Å². The fourth-order valence-corrected chi connectivity index (χ4v) is 2.75. The number of benzene rings is 2. The minimum absolute atomic E-state index is 0.277. The molecule has 0 unspecified atom stereocenters. The van der Waals surface area contributed by atoms with Gasteiger partial charge in [0.1, 0.15) is 11.5 Å². The summed E-state index contributed by atoms with van der Waals surface area (Å²) in [4.78, 5) is 16.4. The minimum Gasteiger partial charge on any atom is -0.497 e. The van der Waals surface area contributed by atoms with Crippen molar-refractivity contribution in [3.05, 3.63) is 64.9 Å². The van der Waals surface area contributed by atoms with E-state index < -0.39 is 5.97 Å². The molecule has 0 saturated carbocycles. The molecule has 134 valence electrons. The number of nitrogens with zero attached hydrogens (tertiary/aromatic N) is 1. The standard InChI is InChI=1S/C21H21NO4/c1-14-5-4-6-15(9-14)7-8-20-22-19(21(23)26-20)12-16-10-17(24-2)13-18(11-16)25-3/h4-6,9-13H,7-8H2,1-3H3/b19-12+. The van der Waals surface area contributed by atoms with Gasteiger partial charge in [-0.05, 0) is 42.7 Å². The summed E-state index contributed by atoms with van der Waals surface area (Å²) in [5, 5.41) is 0. The molecule has 0 atom stereocenters. The number of aryl methyl sites for hydroxylation is 2. The Labute approximate surface area is 152 Å². The maximum absolute atomic E-state index is 12.1. The molecule has 0 N–H and O–H groups in total. The molecule has 2 aromatic rings. The highest BCUT2D eigenvalue weighted by molar-refractivity contribution is 6.07. The first kappa shape index (κ1) is 17.7. The van der Waals surface area contributed by atoms with Crippen LogP contribution < -0.4 is 9.47 Å². The number of carbonyl (C=O) groups excluding carboxylic acids is 1. The predicted octanol–water partition coefficient (Wildman–Crippen LogP) is 3.94. The number of aliphatic imine (C=N–C) groups is 1. The lowest BCUT2D eigenvalue weighted by molar-refractivity contribution is -0.130. The number of esters is 1. The Morgan fingerprint density at radius 1 is 1.04 bits per heavy atom. The molecule has 0 saturated heterocycles. The average molecular weight is 351 g/mol. The lowest BCUT2D eigenvalue weighted by atomic mass is 10.1. The summed E-state index contributed by atoms with van der Waals surface area (Å²) in [6.45, 7) is 2.06. The highest BCUT2D eigenvalue weighted by atomic mass is 16.6. The fraction of sp³-hybridized carbons (Fsp3) is 0.238. The molecule has 1 heterocycles. The van der Waals surface area contributed by atoms with Crippen LogP contribution in [0.5, 0.6) is 11.5 Å². The van der Waals surface area contributed by atoms with E-state index in [1.54, 1.807) is 26.4 Å². The van der Waals surface area contributed by atoms with Gasteiger partial charge in [0.05, 0.1) is 14.2 Å². The van der Waals surface area contributed by atoms with Crippen LogP contribution in [0.4, 0.5) is 0 Å². The molecular weight excluding hydrogens is 330 g/mol. The maximum atomic E-state index is 12.1. The number of cyclic esters (lactones) is 1. The smallest absolute Gasteiger partial charge is 0.363 e. The Bertz CT molecular complexity index is 861. The van der Waals surface area contributed by atoms with Crippen LogP contribution in [-0.2, 0) is 16.0 Å². The van der Waals surface area contributed by atoms with E-state index in [4.69, 9.17) is 14.2 Å². The molecule has 26 heavy (non-hydrogen) atoms. The molecule has 0 radical (unpaired) electrons. The normalized spacial score (nSPS) is 15.0. The third-order valence-corrected chi connectivity index (χ3v) is 4.05. The van der Waals surface area contributed by atoms with Crippen molar-refractivity contribution in [3.63, 3.8) is 0 Å². The van der Waals surface area contributed by atoms with Gasteiger partial charge in [0, 0.05) is 12.5 Å². The van der Waals surface area contributed by atoms with Gasteiger partial charge in [0.2, 0.25) is 0 Å². The van der Waals surface area contributed by atoms with E-state index in [0.29, 0.717) is 23.8 Å². The Kier molecular flexibility index (Phi) is 5.37. The Morgan fingerprint density at radius 2 is 1.77 bits per heavy atom. The number of ether oxygens (including phenoxy) is 3. The van der Waals surface area contributed by atoms with Crippen molar-refractivity contribution < 1.29 is 19.0 Å². The first-order valence-corrected chi connectivity index (χ1v) is 8.37. The second-order valence-corrected chi connectivity index (χ2v) is 6.06. The summed E-state index contributed by atoms with van der Waals surface area (Å²) < 4.78 is 15.8. The van der Waals surface area contributed by atoms with E-state index >= 15 is 0 Å². The number of rotatable bonds is 6. The van der Waals surface area contributed by atoms with Crippen LogP contribution in [0.15, 0.2) is 53.2 Å². The zero-order valence-electron chi connectivity index (χ0n) is 15.1. The Morgan fingerprint density at radius 3 is 2.42 bits per heavy atom. The van der Waals surface area contributed by atoms with Crippen molar-refractivity contribution in [1.82, 2.24) is 0 Å². The summed E-state index contributed by atoms with van der Waals surface area (Å²) in [5.41, 5.74) is 3.44. The molecule has 2 aromatic carbocycles. The number of methoxy groups -OCH3 is 2. The molecule has 0 bridgehead atoms. The van der Waals surface area contributed by atoms with Crippen molar-refractivity contribution in [3.8, 4) is 11.5 Å². The summed E-state index contributed by atoms with van der Waals surface area (Å²) in [6.07, 6.45) is 3.02. The van der Waals surface area contributed by atoms with Crippen molar-refractivity contribution >= 4 is 17.9 Å². The Balaban J connectivity index is 1.76. The SMILES string of the molecule is COc1cc(/C=C2/N=C(CCc3cccc(C)c3)OC2=O)cc(OC)c1. The van der Waals surface area contributed by atoms with Crippen molar-refractivity contribution in [2.45, 2.75) is 19.8 Å². The molecule has 1 aliphatic rings. The first-order valence-electron chi connectivity index (χ1n) is 8.37. The lowest BCUT2D eigenvalue weighted by Gasteiger charge is -2.05. The van der Waals surface area contributed by atoms with E-state index in [-0.39, 0.29) is 5.70 Å². The van der Waals surface area contributed by atoms with Crippen molar-refractivity contribution in [2.75, 3.05) is 14.2 Å². The summed E-state index contributed by atoms with van der Waals surface area (Å²) >= 11 is 0. The predicted molar refractivity (Wildman–Crippen MR) is 101 cm³/mol.